The second-order valence-corrected chi connectivity index (χ2v) is 2.93. The summed E-state index contributed by atoms with van der Waals surface area (Å²) in [5.74, 6) is -0.881. The van der Waals surface area contributed by atoms with Crippen molar-refractivity contribution in [3.63, 3.8) is 0 Å². The Labute approximate surface area is 85.9 Å². The number of aromatic nitrogens is 2. The van der Waals surface area contributed by atoms with E-state index in [1.807, 2.05) is 0 Å². The first-order valence-electron chi connectivity index (χ1n) is 4.57. The summed E-state index contributed by atoms with van der Waals surface area (Å²) in [4.78, 5) is 15.3. The van der Waals surface area contributed by atoms with Gasteiger partial charge in [-0.05, 0) is 19.1 Å². The number of hydrogen-bond donors (Lipinski definition) is 1. The van der Waals surface area contributed by atoms with Crippen molar-refractivity contribution in [3.8, 4) is 5.88 Å². The molecule has 78 valence electrons. The summed E-state index contributed by atoms with van der Waals surface area (Å²) in [6.07, 6.45) is 1.65. The predicted octanol–water partition coefficient (Wildman–Crippen LogP) is 1.22. The number of imidazole rings is 1. The lowest BCUT2D eigenvalue weighted by Gasteiger charge is -2.01. The van der Waals surface area contributed by atoms with Crippen LogP contribution < -0.4 is 0 Å². The molecule has 0 aliphatic heterocycles. The van der Waals surface area contributed by atoms with E-state index in [0.29, 0.717) is 5.65 Å². The molecule has 0 radical (unpaired) electrons. The SMILES string of the molecule is CCOC(=O)c1c(O)nc2ccccn12. The van der Waals surface area contributed by atoms with Crippen molar-refractivity contribution in [1.29, 1.82) is 0 Å². The van der Waals surface area contributed by atoms with E-state index in [0.717, 1.165) is 0 Å². The first-order valence-corrected chi connectivity index (χ1v) is 4.57. The Morgan fingerprint density at radius 2 is 2.40 bits per heavy atom. The lowest BCUT2D eigenvalue weighted by atomic mass is 10.4. The summed E-state index contributed by atoms with van der Waals surface area (Å²) in [6, 6.07) is 5.22. The lowest BCUT2D eigenvalue weighted by Crippen LogP contribution is -2.07. The third-order valence-corrected chi connectivity index (χ3v) is 1.98. The van der Waals surface area contributed by atoms with E-state index in [1.54, 1.807) is 31.3 Å². The van der Waals surface area contributed by atoms with Gasteiger partial charge in [-0.25, -0.2) is 4.79 Å². The van der Waals surface area contributed by atoms with Crippen LogP contribution >= 0.6 is 0 Å². The highest BCUT2D eigenvalue weighted by Gasteiger charge is 2.19. The predicted molar refractivity (Wildman–Crippen MR) is 52.8 cm³/mol. The molecule has 1 N–H and O–H groups in total. The number of rotatable bonds is 2. The highest BCUT2D eigenvalue weighted by atomic mass is 16.5. The third-order valence-electron chi connectivity index (χ3n) is 1.98. The van der Waals surface area contributed by atoms with E-state index in [4.69, 9.17) is 4.74 Å². The van der Waals surface area contributed by atoms with E-state index in [1.165, 1.54) is 4.40 Å². The van der Waals surface area contributed by atoms with Gasteiger partial charge in [-0.3, -0.25) is 4.40 Å². The van der Waals surface area contributed by atoms with Gasteiger partial charge < -0.3 is 9.84 Å². The van der Waals surface area contributed by atoms with Crippen molar-refractivity contribution in [2.24, 2.45) is 0 Å². The summed E-state index contributed by atoms with van der Waals surface area (Å²) in [7, 11) is 0. The smallest absolute Gasteiger partial charge is 0.361 e. The van der Waals surface area contributed by atoms with Crippen molar-refractivity contribution in [2.45, 2.75) is 6.92 Å². The van der Waals surface area contributed by atoms with E-state index < -0.39 is 5.97 Å². The molecule has 0 amide bonds. The number of carbonyl (C=O) groups excluding carboxylic acids is 1. The minimum Gasteiger partial charge on any atom is -0.492 e. The Morgan fingerprint density at radius 1 is 1.60 bits per heavy atom. The molecule has 0 unspecified atom stereocenters. The Bertz CT molecular complexity index is 504. The Morgan fingerprint density at radius 3 is 3.13 bits per heavy atom. The average Bonchev–Trinajstić information content (AvgIpc) is 2.54. The number of aromatic hydroxyl groups is 1. The van der Waals surface area contributed by atoms with Crippen molar-refractivity contribution >= 4 is 11.6 Å². The van der Waals surface area contributed by atoms with E-state index in [-0.39, 0.29) is 18.2 Å². The largest absolute Gasteiger partial charge is 0.492 e. The maximum atomic E-state index is 11.5. The normalized spacial score (nSPS) is 10.5. The highest BCUT2D eigenvalue weighted by molar-refractivity contribution is 5.91. The van der Waals surface area contributed by atoms with Crippen LogP contribution in [0.3, 0.4) is 0 Å². The van der Waals surface area contributed by atoms with Crippen LogP contribution in [0.15, 0.2) is 24.4 Å². The van der Waals surface area contributed by atoms with Gasteiger partial charge in [-0.1, -0.05) is 6.07 Å². The summed E-state index contributed by atoms with van der Waals surface area (Å²) in [6.45, 7) is 1.97. The molecule has 2 heterocycles. The van der Waals surface area contributed by atoms with Crippen LogP contribution in [0.2, 0.25) is 0 Å². The van der Waals surface area contributed by atoms with Gasteiger partial charge in [0.1, 0.15) is 5.65 Å². The van der Waals surface area contributed by atoms with Gasteiger partial charge in [-0.15, -0.1) is 0 Å². The van der Waals surface area contributed by atoms with Crippen LogP contribution in [-0.2, 0) is 4.74 Å². The number of ether oxygens (including phenoxy) is 1. The fourth-order valence-electron chi connectivity index (χ4n) is 1.37. The van der Waals surface area contributed by atoms with Gasteiger partial charge in [0.05, 0.1) is 6.61 Å². The topological polar surface area (TPSA) is 63.8 Å². The van der Waals surface area contributed by atoms with Crippen LogP contribution in [0, 0.1) is 0 Å². The number of pyridine rings is 1. The van der Waals surface area contributed by atoms with Gasteiger partial charge in [0.15, 0.2) is 5.69 Å². The molecule has 0 aromatic carbocycles. The second kappa shape index (κ2) is 3.61. The number of carbonyl (C=O) groups is 1. The van der Waals surface area contributed by atoms with Gasteiger partial charge in [0.2, 0.25) is 5.88 Å². The monoisotopic (exact) mass is 206 g/mol. The van der Waals surface area contributed by atoms with Crippen LogP contribution in [0.4, 0.5) is 0 Å². The molecule has 0 saturated heterocycles. The van der Waals surface area contributed by atoms with Crippen LogP contribution in [-0.4, -0.2) is 27.1 Å². The van der Waals surface area contributed by atoms with Gasteiger partial charge >= 0.3 is 5.97 Å². The Balaban J connectivity index is 2.58. The molecule has 0 aliphatic rings. The standard InChI is InChI=1S/C10H10N2O3/c1-2-15-10(14)8-9(13)11-7-5-3-4-6-12(7)8/h3-6,13H,2H2,1H3. The van der Waals surface area contributed by atoms with Gasteiger partial charge in [-0.2, -0.15) is 4.98 Å². The number of esters is 1. The zero-order valence-electron chi connectivity index (χ0n) is 8.17. The van der Waals surface area contributed by atoms with Gasteiger partial charge in [0.25, 0.3) is 0 Å². The van der Waals surface area contributed by atoms with Crippen LogP contribution in [0.5, 0.6) is 5.88 Å². The zero-order valence-corrected chi connectivity index (χ0v) is 8.17. The molecule has 2 rings (SSSR count). The molecule has 2 aromatic rings. The Kier molecular flexibility index (Phi) is 2.29. The van der Waals surface area contributed by atoms with E-state index in [9.17, 15) is 9.90 Å². The van der Waals surface area contributed by atoms with Crippen molar-refractivity contribution in [1.82, 2.24) is 9.38 Å². The quantitative estimate of drug-likeness (QED) is 0.750. The maximum absolute atomic E-state index is 11.5. The number of fused-ring (bicyclic) bond motifs is 1. The van der Waals surface area contributed by atoms with E-state index in [2.05, 4.69) is 4.98 Å². The zero-order chi connectivity index (χ0) is 10.8. The fourth-order valence-corrected chi connectivity index (χ4v) is 1.37. The minimum atomic E-state index is -0.575. The average molecular weight is 206 g/mol. The van der Waals surface area contributed by atoms with Gasteiger partial charge in [0, 0.05) is 6.20 Å². The summed E-state index contributed by atoms with van der Waals surface area (Å²) in [5, 5.41) is 9.50. The fraction of sp³-hybridized carbons (Fsp3) is 0.200. The number of nitrogens with zero attached hydrogens (tertiary/aromatic N) is 2. The molecule has 2 aromatic heterocycles. The number of hydrogen-bond acceptors (Lipinski definition) is 4. The maximum Gasteiger partial charge on any atom is 0.361 e. The molecule has 0 bridgehead atoms. The third kappa shape index (κ3) is 1.52. The molecular weight excluding hydrogens is 196 g/mol. The second-order valence-electron chi connectivity index (χ2n) is 2.93. The molecule has 0 aliphatic carbocycles. The molecule has 15 heavy (non-hydrogen) atoms. The molecule has 5 nitrogen and oxygen atoms in total. The first kappa shape index (κ1) is 9.51. The summed E-state index contributed by atoms with van der Waals surface area (Å²) in [5.41, 5.74) is 0.575. The molecule has 0 saturated carbocycles. The highest BCUT2D eigenvalue weighted by Crippen LogP contribution is 2.18. The first-order chi connectivity index (χ1) is 7.24. The molecule has 0 atom stereocenters. The van der Waals surface area contributed by atoms with Crippen LogP contribution in [0.25, 0.3) is 5.65 Å². The van der Waals surface area contributed by atoms with Crippen LogP contribution in [0.1, 0.15) is 17.4 Å². The molecule has 0 fully saturated rings. The van der Waals surface area contributed by atoms with E-state index >= 15 is 0 Å². The van der Waals surface area contributed by atoms with Crippen molar-refractivity contribution in [2.75, 3.05) is 6.61 Å². The van der Waals surface area contributed by atoms with Crippen molar-refractivity contribution < 1.29 is 14.6 Å². The minimum absolute atomic E-state index is 0.0625. The molecule has 5 heteroatoms. The molecular formula is C10H10N2O3. The summed E-state index contributed by atoms with van der Waals surface area (Å²) < 4.78 is 6.31. The Hall–Kier alpha value is -2.04. The summed E-state index contributed by atoms with van der Waals surface area (Å²) >= 11 is 0. The lowest BCUT2D eigenvalue weighted by molar-refractivity contribution is 0.0514. The molecule has 0 spiro atoms. The van der Waals surface area contributed by atoms with Crippen molar-refractivity contribution in [3.05, 3.63) is 30.1 Å².